The van der Waals surface area contributed by atoms with Crippen molar-refractivity contribution in [2.45, 2.75) is 116 Å². The summed E-state index contributed by atoms with van der Waals surface area (Å²) in [5.41, 5.74) is 38.2. The zero-order valence-electron chi connectivity index (χ0n) is 59.4. The van der Waals surface area contributed by atoms with Gasteiger partial charge in [-0.25, -0.2) is 24.2 Å². The summed E-state index contributed by atoms with van der Waals surface area (Å²) in [5.74, 6) is 0. The van der Waals surface area contributed by atoms with Gasteiger partial charge in [-0.3, -0.25) is 0 Å². The predicted octanol–water partition coefficient (Wildman–Crippen LogP) is 17.9. The van der Waals surface area contributed by atoms with Crippen LogP contribution < -0.4 is 23.4 Å². The molecule has 0 atom stereocenters. The van der Waals surface area contributed by atoms with Crippen molar-refractivity contribution in [2.24, 2.45) is 0 Å². The first-order chi connectivity index (χ1) is 49.2. The summed E-state index contributed by atoms with van der Waals surface area (Å²) in [6.07, 6.45) is 10.8. The third-order valence-corrected chi connectivity index (χ3v) is 21.7. The summed E-state index contributed by atoms with van der Waals surface area (Å²) in [7, 11) is 0. The highest BCUT2D eigenvalue weighted by Gasteiger charge is 2.36. The highest BCUT2D eigenvalue weighted by Crippen LogP contribution is 2.38. The van der Waals surface area contributed by atoms with E-state index in [2.05, 4.69) is 234 Å². The molecule has 0 bridgehead atoms. The summed E-state index contributed by atoms with van der Waals surface area (Å²) in [5, 5.41) is 5.92. The third-order valence-electron chi connectivity index (χ3n) is 21.7. The molecule has 5 aromatic heterocycles. The Kier molecular flexibility index (Phi) is 15.1. The van der Waals surface area contributed by atoms with Crippen molar-refractivity contribution in [3.63, 3.8) is 0 Å². The van der Waals surface area contributed by atoms with Gasteiger partial charge in [0.1, 0.15) is 56.0 Å². The molecule has 5 aliphatic rings. The first-order valence-corrected chi connectivity index (χ1v) is 34.4. The number of rotatable bonds is 0. The third kappa shape index (κ3) is 10.2. The lowest BCUT2D eigenvalue weighted by Crippen LogP contribution is -2.36. The topological polar surface area (TPSA) is 65.8 Å². The van der Waals surface area contributed by atoms with Gasteiger partial charge in [0.15, 0.2) is 61.2 Å². The van der Waals surface area contributed by atoms with E-state index in [1.54, 1.807) is 0 Å². The largest absolute Gasteiger partial charge is 0.238 e. The fourth-order valence-electron chi connectivity index (χ4n) is 16.2. The Bertz CT molecular complexity index is 6450. The van der Waals surface area contributed by atoms with E-state index in [1.165, 1.54) is 150 Å². The van der Waals surface area contributed by atoms with Gasteiger partial charge in [-0.05, 0) is 205 Å². The molecule has 0 N–H and O–H groups in total. The van der Waals surface area contributed by atoms with Crippen molar-refractivity contribution in [1.82, 2.24) is 23.4 Å². The number of aryl methyl sites for hydroxylation is 7. The van der Waals surface area contributed by atoms with E-state index in [1.807, 2.05) is 91.0 Å². The molecule has 15 aromatic rings. The van der Waals surface area contributed by atoms with Crippen LogP contribution in [0.1, 0.15) is 94.6 Å². The van der Waals surface area contributed by atoms with Crippen LogP contribution in [0.4, 0.5) is 28.4 Å². The van der Waals surface area contributed by atoms with Gasteiger partial charge in [0.25, 0.3) is 0 Å². The molecule has 10 aromatic carbocycles. The Morgan fingerprint density at radius 3 is 1.08 bits per heavy atom. The number of hydrogen-bond acceptors (Lipinski definition) is 0. The van der Waals surface area contributed by atoms with Crippen LogP contribution in [0.25, 0.3) is 107 Å². The van der Waals surface area contributed by atoms with Gasteiger partial charge in [-0.15, -0.1) is 46.8 Å². The minimum absolute atomic E-state index is 0.692. The first-order valence-electron chi connectivity index (χ1n) is 34.4. The number of hydrogen-bond donors (Lipinski definition) is 0. The van der Waals surface area contributed by atoms with Crippen molar-refractivity contribution >= 4 is 83.0 Å². The molecule has 10 heterocycles. The summed E-state index contributed by atoms with van der Waals surface area (Å²) >= 11 is 0. The molecule has 5 aliphatic heterocycles. The zero-order chi connectivity index (χ0) is 71.0. The quantitative estimate of drug-likeness (QED) is 0.107. The van der Waals surface area contributed by atoms with Crippen LogP contribution in [0.3, 0.4) is 0 Å². The molecular weight excluding hydrogens is 1260 g/mol. The van der Waals surface area contributed by atoms with E-state index in [0.29, 0.717) is 28.4 Å². The summed E-state index contributed by atoms with van der Waals surface area (Å²) in [6, 6.07) is 47.4. The molecule has 0 aliphatic carbocycles. The first kappa shape index (κ1) is 63.7. The maximum absolute atomic E-state index is 7.23. The van der Waals surface area contributed by atoms with Crippen LogP contribution in [0.2, 0.25) is 0 Å². The second-order valence-corrected chi connectivity index (χ2v) is 28.0. The van der Waals surface area contributed by atoms with Crippen molar-refractivity contribution in [3.05, 3.63) is 322 Å². The molecule has 492 valence electrons. The average molecular weight is 1330 g/mol. The smallest absolute Gasteiger partial charge is 0.204 e. The molecule has 0 fully saturated rings. The van der Waals surface area contributed by atoms with Crippen LogP contribution in [0.5, 0.6) is 0 Å². The Morgan fingerprint density at radius 2 is 0.618 bits per heavy atom. The standard InChI is InChI=1S/2C18H16N3.3C17H14N3/c1-11-7-15-10-20-9-14-5-6-16(19-4)8-17(14)21(20)18(15)13(3)12(11)2;1-11-7-18-16(13(3)12(11)2)10-20-9-14-5-6-15(19-4)8-17(14)21(18)20;1-11-6-12(2)17-14(7-11)10-19-9-13-4-5-15(18-3)8-16(13)20(17)19;1-11-6-12(2)15-10-19-9-13-4-5-14(18-3)8-16(13)20(19)17(15)7-11;1-11-4-5-14-10-19-9-13-6-7-15(18-3)8-16(13)20(19)17(14)12(11)2/h2*5-9H,10H2,1-3H3;3*4-9H,10H2,1-2H3/q5*+1. The highest BCUT2D eigenvalue weighted by atomic mass is 15.4. The average Bonchev–Trinajstić information content (AvgIpc) is 1.60. The van der Waals surface area contributed by atoms with Crippen molar-refractivity contribution in [3.8, 4) is 28.4 Å². The fourth-order valence-corrected chi connectivity index (χ4v) is 16.2. The molecule has 20 rings (SSSR count). The van der Waals surface area contributed by atoms with E-state index in [9.17, 15) is 0 Å². The molecule has 102 heavy (non-hydrogen) atoms. The van der Waals surface area contributed by atoms with Crippen LogP contribution in [0, 0.1) is 116 Å². The Balaban J connectivity index is 0.0000000987. The van der Waals surface area contributed by atoms with E-state index in [4.69, 9.17) is 32.9 Å². The molecular formula is C87H74N15+5. The van der Waals surface area contributed by atoms with Gasteiger partial charge < -0.3 is 0 Å². The predicted molar refractivity (Wildman–Crippen MR) is 401 cm³/mol. The van der Waals surface area contributed by atoms with Gasteiger partial charge in [-0.2, -0.15) is 0 Å². The van der Waals surface area contributed by atoms with E-state index >= 15 is 0 Å². The van der Waals surface area contributed by atoms with Crippen LogP contribution >= 0.6 is 0 Å². The van der Waals surface area contributed by atoms with Crippen molar-refractivity contribution < 1.29 is 23.4 Å². The maximum atomic E-state index is 7.23. The molecule has 0 radical (unpaired) electrons. The Labute approximate surface area is 592 Å². The highest BCUT2D eigenvalue weighted by molar-refractivity contribution is 5.88. The van der Waals surface area contributed by atoms with Crippen LogP contribution in [0.15, 0.2) is 171 Å². The van der Waals surface area contributed by atoms with Gasteiger partial charge in [0, 0.05) is 16.7 Å². The summed E-state index contributed by atoms with van der Waals surface area (Å²) in [6.45, 7) is 66.6. The van der Waals surface area contributed by atoms with Crippen molar-refractivity contribution in [1.29, 1.82) is 0 Å². The molecule has 15 heteroatoms. The van der Waals surface area contributed by atoms with E-state index in [0.717, 1.165) is 60.3 Å². The second kappa shape index (κ2) is 24.2. The Hall–Kier alpha value is -13.0. The zero-order valence-corrected chi connectivity index (χ0v) is 59.4. The maximum Gasteiger partial charge on any atom is 0.204 e. The molecule has 15 nitrogen and oxygen atoms in total. The van der Waals surface area contributed by atoms with E-state index in [-0.39, 0.29) is 0 Å². The normalized spacial score (nSPS) is 12.3. The van der Waals surface area contributed by atoms with Gasteiger partial charge in [0.2, 0.25) is 31.0 Å². The minimum Gasteiger partial charge on any atom is -0.238 e. The lowest BCUT2D eigenvalue weighted by Gasteiger charge is -2.09. The van der Waals surface area contributed by atoms with Gasteiger partial charge >= 0.3 is 0 Å². The summed E-state index contributed by atoms with van der Waals surface area (Å²) in [4.78, 5) is 17.8. The SMILES string of the molecule is [C-]#[N+]c1ccc2c[n+]3n(c2c1)-c1c(C)cc(C)cc1C3.[C-]#[N+]c1ccc2c[n+]3n(c2c1)-c1c(cc(C)c(C)c1C)C3.[C-]#[N+]c1ccc2c[n+]3n(c2c1)-c1c(ccc(C)c1C)C3.[C-]#[N+]c1ccc2c[n+]3n(c2c1)-c1cc(C)c(C)c(C)c1C3.[C-]#[N+]c1ccc2c[n+]3n(c2c1)-c1cc(C)cc(C)c1C3. The van der Waals surface area contributed by atoms with Crippen molar-refractivity contribution in [2.75, 3.05) is 0 Å². The van der Waals surface area contributed by atoms with Gasteiger partial charge in [0.05, 0.1) is 70.9 Å². The van der Waals surface area contributed by atoms with Crippen LogP contribution in [-0.2, 0) is 32.7 Å². The molecule has 0 spiro atoms. The summed E-state index contributed by atoms with van der Waals surface area (Å²) < 4.78 is 22.4. The molecule has 0 saturated carbocycles. The van der Waals surface area contributed by atoms with Crippen LogP contribution in [-0.4, -0.2) is 23.4 Å². The number of fused-ring (bicyclic) bond motifs is 25. The number of aromatic nitrogens is 10. The lowest BCUT2D eigenvalue weighted by atomic mass is 9.97. The van der Waals surface area contributed by atoms with E-state index < -0.39 is 0 Å². The Morgan fingerprint density at radius 1 is 0.265 bits per heavy atom. The molecule has 0 unspecified atom stereocenters. The fraction of sp³-hybridized carbons (Fsp3) is 0.195. The number of nitrogens with zero attached hydrogens (tertiary/aromatic N) is 15. The minimum atomic E-state index is 0.692. The number of benzene rings is 10. The molecule has 0 saturated heterocycles. The monoisotopic (exact) mass is 1330 g/mol. The van der Waals surface area contributed by atoms with Gasteiger partial charge in [-0.1, -0.05) is 84.4 Å². The lowest BCUT2D eigenvalue weighted by molar-refractivity contribution is -0.749. The second-order valence-electron chi connectivity index (χ2n) is 28.0. The molecule has 0 amide bonds.